The fourth-order valence-corrected chi connectivity index (χ4v) is 2.77. The van der Waals surface area contributed by atoms with Crippen LogP contribution in [0, 0.1) is 0 Å². The molecule has 25 heavy (non-hydrogen) atoms. The molecule has 0 bridgehead atoms. The molecule has 1 heterocycles. The number of rotatable bonds is 6. The number of carbonyl (C=O) groups is 1. The molecule has 1 fully saturated rings. The maximum absolute atomic E-state index is 12.3. The zero-order valence-electron chi connectivity index (χ0n) is 14.3. The zero-order valence-corrected chi connectivity index (χ0v) is 14.3. The van der Waals surface area contributed by atoms with E-state index in [1.165, 1.54) is 0 Å². The van der Waals surface area contributed by atoms with E-state index < -0.39 is 0 Å². The predicted molar refractivity (Wildman–Crippen MR) is 99.6 cm³/mol. The Balaban J connectivity index is 1.61. The van der Waals surface area contributed by atoms with Crippen LogP contribution >= 0.6 is 0 Å². The highest BCUT2D eigenvalue weighted by atomic mass is 16.5. The molecular formula is C19H23N3O3. The molecule has 0 aromatic heterocycles. The molecule has 0 spiro atoms. The monoisotopic (exact) mass is 341 g/mol. The van der Waals surface area contributed by atoms with Crippen molar-refractivity contribution in [3.63, 3.8) is 0 Å². The number of methoxy groups -OCH3 is 1. The Morgan fingerprint density at radius 3 is 2.76 bits per heavy atom. The van der Waals surface area contributed by atoms with Gasteiger partial charge >= 0.3 is 0 Å². The molecule has 0 unspecified atom stereocenters. The highest BCUT2D eigenvalue weighted by Gasteiger charge is 2.15. The molecule has 2 N–H and O–H groups in total. The van der Waals surface area contributed by atoms with Crippen LogP contribution in [-0.4, -0.2) is 45.9 Å². The number of nitrogens with one attached hydrogen (secondary N) is 2. The third kappa shape index (κ3) is 4.64. The Kier molecular flexibility index (Phi) is 5.74. The summed E-state index contributed by atoms with van der Waals surface area (Å²) in [6, 6.07) is 15.4. The minimum Gasteiger partial charge on any atom is -0.497 e. The van der Waals surface area contributed by atoms with Crippen molar-refractivity contribution < 1.29 is 14.3 Å². The largest absolute Gasteiger partial charge is 0.497 e. The normalized spacial score (nSPS) is 14.0. The van der Waals surface area contributed by atoms with Gasteiger partial charge < -0.3 is 25.0 Å². The van der Waals surface area contributed by atoms with Crippen LogP contribution in [0.1, 0.15) is 0 Å². The highest BCUT2D eigenvalue weighted by Crippen LogP contribution is 2.26. The van der Waals surface area contributed by atoms with Gasteiger partial charge in [0.05, 0.1) is 38.2 Å². The molecule has 6 nitrogen and oxygen atoms in total. The van der Waals surface area contributed by atoms with Crippen LogP contribution in [0.15, 0.2) is 48.5 Å². The topological polar surface area (TPSA) is 62.8 Å². The molecule has 1 aliphatic rings. The molecule has 0 radical (unpaired) electrons. The van der Waals surface area contributed by atoms with Crippen LogP contribution in [0.4, 0.5) is 17.1 Å². The summed E-state index contributed by atoms with van der Waals surface area (Å²) in [7, 11) is 1.62. The second-order valence-corrected chi connectivity index (χ2v) is 5.75. The first kappa shape index (κ1) is 17.1. The van der Waals surface area contributed by atoms with Gasteiger partial charge in [0.15, 0.2) is 0 Å². The summed E-state index contributed by atoms with van der Waals surface area (Å²) in [5.41, 5.74) is 2.69. The molecule has 6 heteroatoms. The SMILES string of the molecule is COc1cccc(NCC(=O)Nc2ccccc2N2CCOCC2)c1. The van der Waals surface area contributed by atoms with Gasteiger partial charge in [-0.1, -0.05) is 18.2 Å². The first-order valence-corrected chi connectivity index (χ1v) is 8.36. The quantitative estimate of drug-likeness (QED) is 0.846. The number of benzene rings is 2. The second-order valence-electron chi connectivity index (χ2n) is 5.75. The third-order valence-electron chi connectivity index (χ3n) is 4.05. The molecule has 0 saturated carbocycles. The minimum absolute atomic E-state index is 0.0940. The molecule has 1 amide bonds. The van der Waals surface area contributed by atoms with Crippen molar-refractivity contribution in [3.05, 3.63) is 48.5 Å². The van der Waals surface area contributed by atoms with Crippen molar-refractivity contribution in [1.29, 1.82) is 0 Å². The summed E-state index contributed by atoms with van der Waals surface area (Å²) in [6.07, 6.45) is 0. The highest BCUT2D eigenvalue weighted by molar-refractivity contribution is 5.96. The maximum Gasteiger partial charge on any atom is 0.243 e. The van der Waals surface area contributed by atoms with Gasteiger partial charge in [-0.25, -0.2) is 0 Å². The number of anilines is 3. The fraction of sp³-hybridized carbons (Fsp3) is 0.316. The van der Waals surface area contributed by atoms with Crippen LogP contribution < -0.4 is 20.3 Å². The molecule has 2 aromatic rings. The summed E-state index contributed by atoms with van der Waals surface area (Å²) < 4.78 is 10.6. The van der Waals surface area contributed by atoms with Gasteiger partial charge in [-0.15, -0.1) is 0 Å². The van der Waals surface area contributed by atoms with Gasteiger partial charge in [0, 0.05) is 24.8 Å². The van der Waals surface area contributed by atoms with E-state index >= 15 is 0 Å². The number of ether oxygens (including phenoxy) is 2. The summed E-state index contributed by atoms with van der Waals surface area (Å²) in [5.74, 6) is 0.659. The van der Waals surface area contributed by atoms with Crippen LogP contribution in [0.2, 0.25) is 0 Å². The summed E-state index contributed by atoms with van der Waals surface area (Å²) in [6.45, 7) is 3.26. The standard InChI is InChI=1S/C19H23N3O3/c1-24-16-6-4-5-15(13-16)20-14-19(23)21-17-7-2-3-8-18(17)22-9-11-25-12-10-22/h2-8,13,20H,9-12,14H2,1H3,(H,21,23). The lowest BCUT2D eigenvalue weighted by molar-refractivity contribution is -0.114. The predicted octanol–water partition coefficient (Wildman–Crippen LogP) is 2.58. The Bertz CT molecular complexity index is 715. The number of para-hydroxylation sites is 2. The van der Waals surface area contributed by atoms with Crippen LogP contribution in [0.5, 0.6) is 5.75 Å². The van der Waals surface area contributed by atoms with Gasteiger partial charge in [0.25, 0.3) is 0 Å². The van der Waals surface area contributed by atoms with Gasteiger partial charge in [-0.05, 0) is 24.3 Å². The lowest BCUT2D eigenvalue weighted by atomic mass is 10.2. The first-order valence-electron chi connectivity index (χ1n) is 8.36. The Morgan fingerprint density at radius 2 is 1.96 bits per heavy atom. The van der Waals surface area contributed by atoms with Crippen LogP contribution in [-0.2, 0) is 9.53 Å². The van der Waals surface area contributed by atoms with E-state index in [0.717, 1.165) is 35.9 Å². The Labute approximate surface area is 147 Å². The van der Waals surface area contributed by atoms with Crippen molar-refractivity contribution in [3.8, 4) is 5.75 Å². The summed E-state index contributed by atoms with van der Waals surface area (Å²) >= 11 is 0. The number of nitrogens with zero attached hydrogens (tertiary/aromatic N) is 1. The third-order valence-corrected chi connectivity index (χ3v) is 4.05. The summed E-state index contributed by atoms with van der Waals surface area (Å²) in [4.78, 5) is 14.6. The smallest absolute Gasteiger partial charge is 0.243 e. The van der Waals surface area contributed by atoms with E-state index in [9.17, 15) is 4.79 Å². The Morgan fingerprint density at radius 1 is 1.16 bits per heavy atom. The van der Waals surface area contributed by atoms with Gasteiger partial charge in [-0.3, -0.25) is 4.79 Å². The van der Waals surface area contributed by atoms with Crippen LogP contribution in [0.25, 0.3) is 0 Å². The lowest BCUT2D eigenvalue weighted by Gasteiger charge is -2.30. The minimum atomic E-state index is -0.0940. The number of carbonyl (C=O) groups excluding carboxylic acids is 1. The maximum atomic E-state index is 12.3. The molecule has 2 aromatic carbocycles. The number of morpholine rings is 1. The number of hydrogen-bond donors (Lipinski definition) is 2. The van der Waals surface area contributed by atoms with Gasteiger partial charge in [0.2, 0.25) is 5.91 Å². The number of amides is 1. The van der Waals surface area contributed by atoms with Crippen molar-refractivity contribution >= 4 is 23.0 Å². The van der Waals surface area contributed by atoms with E-state index in [4.69, 9.17) is 9.47 Å². The second kappa shape index (κ2) is 8.39. The van der Waals surface area contributed by atoms with Gasteiger partial charge in [0.1, 0.15) is 5.75 Å². The molecule has 1 saturated heterocycles. The van der Waals surface area contributed by atoms with Crippen molar-refractivity contribution in [2.45, 2.75) is 0 Å². The average Bonchev–Trinajstić information content (AvgIpc) is 2.68. The molecule has 0 aliphatic carbocycles. The Hall–Kier alpha value is -2.73. The lowest BCUT2D eigenvalue weighted by Crippen LogP contribution is -2.37. The first-order chi connectivity index (χ1) is 12.3. The average molecular weight is 341 g/mol. The molecular weight excluding hydrogens is 318 g/mol. The van der Waals surface area contributed by atoms with E-state index in [0.29, 0.717) is 13.2 Å². The van der Waals surface area contributed by atoms with Crippen molar-refractivity contribution in [1.82, 2.24) is 0 Å². The van der Waals surface area contributed by atoms with Crippen molar-refractivity contribution in [2.75, 3.05) is 55.5 Å². The van der Waals surface area contributed by atoms with Gasteiger partial charge in [-0.2, -0.15) is 0 Å². The fourth-order valence-electron chi connectivity index (χ4n) is 2.77. The van der Waals surface area contributed by atoms with Crippen molar-refractivity contribution in [2.24, 2.45) is 0 Å². The zero-order chi connectivity index (χ0) is 17.5. The molecule has 1 aliphatic heterocycles. The molecule has 3 rings (SSSR count). The number of hydrogen-bond acceptors (Lipinski definition) is 5. The molecule has 0 atom stereocenters. The van der Waals surface area contributed by atoms with E-state index in [1.54, 1.807) is 7.11 Å². The van der Waals surface area contributed by atoms with Crippen LogP contribution in [0.3, 0.4) is 0 Å². The van der Waals surface area contributed by atoms with E-state index in [2.05, 4.69) is 15.5 Å². The summed E-state index contributed by atoms with van der Waals surface area (Å²) in [5, 5.41) is 6.10. The molecule has 132 valence electrons. The van der Waals surface area contributed by atoms with E-state index in [1.807, 2.05) is 48.5 Å². The van der Waals surface area contributed by atoms with E-state index in [-0.39, 0.29) is 12.5 Å².